The summed E-state index contributed by atoms with van der Waals surface area (Å²) in [6, 6.07) is 5.83. The molecule has 0 saturated heterocycles. The lowest BCUT2D eigenvalue weighted by Gasteiger charge is -2.15. The highest BCUT2D eigenvalue weighted by atomic mass is 32.2. The highest BCUT2D eigenvalue weighted by Crippen LogP contribution is 2.13. The summed E-state index contributed by atoms with van der Waals surface area (Å²) in [5, 5.41) is 11.5. The van der Waals surface area contributed by atoms with Crippen LogP contribution in [0, 0.1) is 5.82 Å². The Labute approximate surface area is 128 Å². The number of aliphatic carboxylic acids is 1. The van der Waals surface area contributed by atoms with Gasteiger partial charge in [0, 0.05) is 11.8 Å². The fourth-order valence-corrected chi connectivity index (χ4v) is 2.70. The highest BCUT2D eigenvalue weighted by Gasteiger charge is 2.14. The molecule has 1 aromatic rings. The second-order valence-corrected chi connectivity index (χ2v) is 5.76. The first-order valence-electron chi connectivity index (χ1n) is 6.84. The fourth-order valence-electron chi connectivity index (χ4n) is 1.90. The summed E-state index contributed by atoms with van der Waals surface area (Å²) in [5.41, 5.74) is 0.949. The molecule has 4 nitrogen and oxygen atoms in total. The summed E-state index contributed by atoms with van der Waals surface area (Å²) >= 11 is 1.42. The third-order valence-corrected chi connectivity index (χ3v) is 3.84. The normalized spacial score (nSPS) is 11.9. The maximum absolute atomic E-state index is 12.7. The number of carbonyl (C=O) groups is 2. The maximum atomic E-state index is 12.7. The first-order chi connectivity index (χ1) is 10.0. The number of rotatable bonds is 9. The molecule has 0 aliphatic heterocycles. The lowest BCUT2D eigenvalue weighted by molar-refractivity contribution is -0.137. The number of carboxylic acids is 1. The Hall–Kier alpha value is -1.56. The summed E-state index contributed by atoms with van der Waals surface area (Å²) in [6.45, 7) is 1.95. The Kier molecular flexibility index (Phi) is 7.82. The van der Waals surface area contributed by atoms with E-state index < -0.39 is 5.97 Å². The number of thioether (sulfide) groups is 1. The van der Waals surface area contributed by atoms with E-state index >= 15 is 0 Å². The molecule has 116 valence electrons. The van der Waals surface area contributed by atoms with E-state index in [0.29, 0.717) is 12.2 Å². The van der Waals surface area contributed by atoms with Crippen molar-refractivity contribution in [1.29, 1.82) is 0 Å². The van der Waals surface area contributed by atoms with Crippen molar-refractivity contribution in [2.24, 2.45) is 0 Å². The Balaban J connectivity index is 2.31. The standard InChI is InChI=1S/C15H20FNO3S/c1-2-3-13(8-15(19)20)17-14(18)10-21-9-11-4-6-12(16)7-5-11/h4-7,13H,2-3,8-10H2,1H3,(H,17,18)(H,19,20). The second kappa shape index (κ2) is 9.39. The van der Waals surface area contributed by atoms with E-state index in [9.17, 15) is 14.0 Å². The number of halogens is 1. The molecule has 0 aliphatic carbocycles. The Bertz CT molecular complexity index is 464. The zero-order chi connectivity index (χ0) is 15.7. The lowest BCUT2D eigenvalue weighted by Crippen LogP contribution is -2.37. The summed E-state index contributed by atoms with van der Waals surface area (Å²) in [6.07, 6.45) is 1.42. The predicted molar refractivity (Wildman–Crippen MR) is 81.7 cm³/mol. The molecular formula is C15H20FNO3S. The van der Waals surface area contributed by atoms with E-state index in [1.165, 1.54) is 23.9 Å². The van der Waals surface area contributed by atoms with Crippen molar-refractivity contribution in [3.8, 4) is 0 Å². The quantitative estimate of drug-likeness (QED) is 0.736. The van der Waals surface area contributed by atoms with Crippen LogP contribution in [0.25, 0.3) is 0 Å². The monoisotopic (exact) mass is 313 g/mol. The van der Waals surface area contributed by atoms with Gasteiger partial charge in [-0.3, -0.25) is 9.59 Å². The lowest BCUT2D eigenvalue weighted by atomic mass is 10.1. The number of amides is 1. The third kappa shape index (κ3) is 7.70. The minimum absolute atomic E-state index is 0.0534. The van der Waals surface area contributed by atoms with Gasteiger partial charge in [0.05, 0.1) is 12.2 Å². The highest BCUT2D eigenvalue weighted by molar-refractivity contribution is 7.99. The van der Waals surface area contributed by atoms with Gasteiger partial charge in [0.15, 0.2) is 0 Å². The molecule has 0 aliphatic rings. The van der Waals surface area contributed by atoms with E-state index in [2.05, 4.69) is 5.32 Å². The van der Waals surface area contributed by atoms with Crippen LogP contribution in [-0.2, 0) is 15.3 Å². The molecule has 1 unspecified atom stereocenters. The van der Waals surface area contributed by atoms with Crippen LogP contribution in [0.5, 0.6) is 0 Å². The van der Waals surface area contributed by atoms with Crippen molar-refractivity contribution in [1.82, 2.24) is 5.32 Å². The van der Waals surface area contributed by atoms with Crippen LogP contribution in [0.15, 0.2) is 24.3 Å². The first kappa shape index (κ1) is 17.5. The van der Waals surface area contributed by atoms with Crippen LogP contribution in [0.1, 0.15) is 31.7 Å². The molecule has 0 fully saturated rings. The van der Waals surface area contributed by atoms with Gasteiger partial charge in [-0.2, -0.15) is 0 Å². The summed E-state index contributed by atoms with van der Waals surface area (Å²) in [4.78, 5) is 22.5. The number of hydrogen-bond acceptors (Lipinski definition) is 3. The van der Waals surface area contributed by atoms with E-state index in [0.717, 1.165) is 12.0 Å². The van der Waals surface area contributed by atoms with E-state index in [4.69, 9.17) is 5.11 Å². The fraction of sp³-hybridized carbons (Fsp3) is 0.467. The van der Waals surface area contributed by atoms with Crippen molar-refractivity contribution < 1.29 is 19.1 Å². The van der Waals surface area contributed by atoms with Crippen LogP contribution >= 0.6 is 11.8 Å². The van der Waals surface area contributed by atoms with Crippen LogP contribution < -0.4 is 5.32 Å². The number of hydrogen-bond donors (Lipinski definition) is 2. The molecule has 1 rings (SSSR count). The molecule has 2 N–H and O–H groups in total. The van der Waals surface area contributed by atoms with Crippen molar-refractivity contribution in [3.63, 3.8) is 0 Å². The van der Waals surface area contributed by atoms with Crippen molar-refractivity contribution >= 4 is 23.6 Å². The van der Waals surface area contributed by atoms with Gasteiger partial charge in [-0.15, -0.1) is 11.8 Å². The van der Waals surface area contributed by atoms with Gasteiger partial charge >= 0.3 is 5.97 Å². The average molecular weight is 313 g/mol. The number of carboxylic acid groups (broad SMARTS) is 1. The molecule has 6 heteroatoms. The van der Waals surface area contributed by atoms with E-state index in [1.54, 1.807) is 12.1 Å². The van der Waals surface area contributed by atoms with Gasteiger partial charge in [0.1, 0.15) is 5.82 Å². The van der Waals surface area contributed by atoms with Crippen LogP contribution in [-0.4, -0.2) is 28.8 Å². The SMILES string of the molecule is CCCC(CC(=O)O)NC(=O)CSCc1ccc(F)cc1. The Morgan fingerprint density at radius 3 is 2.57 bits per heavy atom. The molecule has 0 radical (unpaired) electrons. The zero-order valence-electron chi connectivity index (χ0n) is 12.0. The Morgan fingerprint density at radius 1 is 1.33 bits per heavy atom. The molecule has 0 spiro atoms. The summed E-state index contributed by atoms with van der Waals surface area (Å²) in [5.74, 6) is -0.477. The summed E-state index contributed by atoms with van der Waals surface area (Å²) < 4.78 is 12.7. The number of nitrogens with one attached hydrogen (secondary N) is 1. The van der Waals surface area contributed by atoms with Gasteiger partial charge in [0.2, 0.25) is 5.91 Å². The maximum Gasteiger partial charge on any atom is 0.305 e. The van der Waals surface area contributed by atoms with Gasteiger partial charge < -0.3 is 10.4 Å². The van der Waals surface area contributed by atoms with Crippen LogP contribution in [0.2, 0.25) is 0 Å². The van der Waals surface area contributed by atoms with Crippen molar-refractivity contribution in [2.75, 3.05) is 5.75 Å². The second-order valence-electron chi connectivity index (χ2n) is 4.77. The smallest absolute Gasteiger partial charge is 0.305 e. The molecule has 0 aromatic heterocycles. The molecule has 21 heavy (non-hydrogen) atoms. The third-order valence-electron chi connectivity index (χ3n) is 2.84. The molecule has 1 aromatic carbocycles. The van der Waals surface area contributed by atoms with E-state index in [1.807, 2.05) is 6.92 Å². The minimum Gasteiger partial charge on any atom is -0.481 e. The number of benzene rings is 1. The first-order valence-corrected chi connectivity index (χ1v) is 8.00. The van der Waals surface area contributed by atoms with Crippen molar-refractivity contribution in [3.05, 3.63) is 35.6 Å². The molecule has 1 atom stereocenters. The van der Waals surface area contributed by atoms with Gasteiger partial charge in [0.25, 0.3) is 0 Å². The predicted octanol–water partition coefficient (Wildman–Crippen LogP) is 2.82. The topological polar surface area (TPSA) is 66.4 Å². The molecule has 0 saturated carbocycles. The molecule has 1 amide bonds. The molecule has 0 heterocycles. The number of carbonyl (C=O) groups excluding carboxylic acids is 1. The Morgan fingerprint density at radius 2 is 2.00 bits per heavy atom. The average Bonchev–Trinajstić information content (AvgIpc) is 2.40. The van der Waals surface area contributed by atoms with Gasteiger partial charge in [-0.1, -0.05) is 25.5 Å². The summed E-state index contributed by atoms with van der Waals surface area (Å²) in [7, 11) is 0. The minimum atomic E-state index is -0.910. The van der Waals surface area contributed by atoms with Crippen LogP contribution in [0.3, 0.4) is 0 Å². The van der Waals surface area contributed by atoms with Crippen molar-refractivity contribution in [2.45, 2.75) is 38.0 Å². The van der Waals surface area contributed by atoms with Gasteiger partial charge in [-0.05, 0) is 24.1 Å². The van der Waals surface area contributed by atoms with Crippen LogP contribution in [0.4, 0.5) is 4.39 Å². The zero-order valence-corrected chi connectivity index (χ0v) is 12.8. The molecule has 0 bridgehead atoms. The van der Waals surface area contributed by atoms with E-state index in [-0.39, 0.29) is 29.9 Å². The van der Waals surface area contributed by atoms with Gasteiger partial charge in [-0.25, -0.2) is 4.39 Å². The molecular weight excluding hydrogens is 293 g/mol. The largest absolute Gasteiger partial charge is 0.481 e.